The Hall–Kier alpha value is -1.74. The smallest absolute Gasteiger partial charge is 0.129 e. The van der Waals surface area contributed by atoms with Crippen LogP contribution in [0.1, 0.15) is 24.7 Å². The van der Waals surface area contributed by atoms with Crippen LogP contribution in [0.4, 0.5) is 0 Å². The predicted molar refractivity (Wildman–Crippen MR) is 74.2 cm³/mol. The molecule has 2 rings (SSSR count). The van der Waals surface area contributed by atoms with Crippen LogP contribution in [-0.2, 0) is 6.42 Å². The van der Waals surface area contributed by atoms with Gasteiger partial charge in [0.05, 0.1) is 5.69 Å². The molecule has 0 saturated heterocycles. The Labute approximate surface area is 108 Å². The molecule has 0 amide bonds. The van der Waals surface area contributed by atoms with Crippen molar-refractivity contribution in [3.05, 3.63) is 47.9 Å². The predicted octanol–water partition coefficient (Wildman–Crippen LogP) is 2.73. The highest BCUT2D eigenvalue weighted by molar-refractivity contribution is 5.58. The van der Waals surface area contributed by atoms with Crippen molar-refractivity contribution in [3.63, 3.8) is 0 Å². The Bertz CT molecular complexity index is 503. The van der Waals surface area contributed by atoms with E-state index in [1.165, 1.54) is 5.56 Å². The molecule has 1 unspecified atom stereocenters. The summed E-state index contributed by atoms with van der Waals surface area (Å²) in [5, 5.41) is 0. The van der Waals surface area contributed by atoms with Gasteiger partial charge in [-0.1, -0.05) is 29.8 Å². The standard InChI is InChI=1S/C15H19N3/c1-11-3-6-13(7-4-11)14-9-10-17-15(18-14)8-5-12(2)16/h3-4,6-7,9-10,12H,5,8,16H2,1-2H3. The van der Waals surface area contributed by atoms with E-state index >= 15 is 0 Å². The van der Waals surface area contributed by atoms with E-state index in [-0.39, 0.29) is 6.04 Å². The summed E-state index contributed by atoms with van der Waals surface area (Å²) in [7, 11) is 0. The van der Waals surface area contributed by atoms with Gasteiger partial charge >= 0.3 is 0 Å². The third-order valence-corrected chi connectivity index (χ3v) is 2.88. The first-order valence-corrected chi connectivity index (χ1v) is 6.29. The maximum atomic E-state index is 5.75. The van der Waals surface area contributed by atoms with E-state index in [0.29, 0.717) is 0 Å². The number of benzene rings is 1. The summed E-state index contributed by atoms with van der Waals surface area (Å²) in [6.07, 6.45) is 3.56. The van der Waals surface area contributed by atoms with Crippen LogP contribution >= 0.6 is 0 Å². The molecule has 1 aromatic carbocycles. The molecule has 1 atom stereocenters. The number of hydrogen-bond acceptors (Lipinski definition) is 3. The van der Waals surface area contributed by atoms with E-state index in [1.54, 1.807) is 0 Å². The first-order chi connectivity index (χ1) is 8.65. The second-order valence-corrected chi connectivity index (χ2v) is 4.74. The molecule has 1 heterocycles. The third-order valence-electron chi connectivity index (χ3n) is 2.88. The zero-order chi connectivity index (χ0) is 13.0. The average molecular weight is 241 g/mol. The highest BCUT2D eigenvalue weighted by atomic mass is 14.9. The lowest BCUT2D eigenvalue weighted by molar-refractivity contribution is 0.648. The van der Waals surface area contributed by atoms with Crippen molar-refractivity contribution >= 4 is 0 Å². The van der Waals surface area contributed by atoms with Crippen molar-refractivity contribution in [3.8, 4) is 11.3 Å². The molecule has 0 fully saturated rings. The minimum Gasteiger partial charge on any atom is -0.328 e. The molecule has 3 nitrogen and oxygen atoms in total. The lowest BCUT2D eigenvalue weighted by atomic mass is 10.1. The molecule has 0 radical (unpaired) electrons. The monoisotopic (exact) mass is 241 g/mol. The molecule has 0 aliphatic carbocycles. The van der Waals surface area contributed by atoms with Crippen LogP contribution in [0.2, 0.25) is 0 Å². The molecule has 3 heteroatoms. The van der Waals surface area contributed by atoms with Gasteiger partial charge in [-0.2, -0.15) is 0 Å². The molecule has 18 heavy (non-hydrogen) atoms. The first-order valence-electron chi connectivity index (χ1n) is 6.29. The van der Waals surface area contributed by atoms with Crippen LogP contribution in [0, 0.1) is 6.92 Å². The second-order valence-electron chi connectivity index (χ2n) is 4.74. The average Bonchev–Trinajstić information content (AvgIpc) is 2.37. The molecule has 1 aromatic heterocycles. The molecule has 0 aliphatic rings. The number of aromatic nitrogens is 2. The zero-order valence-corrected chi connectivity index (χ0v) is 10.9. The van der Waals surface area contributed by atoms with E-state index in [9.17, 15) is 0 Å². The maximum Gasteiger partial charge on any atom is 0.129 e. The van der Waals surface area contributed by atoms with Gasteiger partial charge in [0.2, 0.25) is 0 Å². The lowest BCUT2D eigenvalue weighted by Crippen LogP contribution is -2.16. The Kier molecular flexibility index (Phi) is 4.05. The van der Waals surface area contributed by atoms with E-state index in [2.05, 4.69) is 41.2 Å². The van der Waals surface area contributed by atoms with Gasteiger partial charge in [0, 0.05) is 24.2 Å². The highest BCUT2D eigenvalue weighted by Crippen LogP contribution is 2.17. The van der Waals surface area contributed by atoms with Gasteiger partial charge in [0.25, 0.3) is 0 Å². The topological polar surface area (TPSA) is 51.8 Å². The van der Waals surface area contributed by atoms with Crippen molar-refractivity contribution in [2.45, 2.75) is 32.7 Å². The second kappa shape index (κ2) is 5.74. The molecule has 0 saturated carbocycles. The van der Waals surface area contributed by atoms with Gasteiger partial charge in [-0.15, -0.1) is 0 Å². The molecule has 2 N–H and O–H groups in total. The molecule has 0 aliphatic heterocycles. The first kappa shape index (κ1) is 12.7. The minimum atomic E-state index is 0.191. The fourth-order valence-corrected chi connectivity index (χ4v) is 1.76. The SMILES string of the molecule is Cc1ccc(-c2ccnc(CCC(C)N)n2)cc1. The van der Waals surface area contributed by atoms with Crippen molar-refractivity contribution in [1.29, 1.82) is 0 Å². The number of hydrogen-bond donors (Lipinski definition) is 1. The lowest BCUT2D eigenvalue weighted by Gasteiger charge is -2.06. The Morgan fingerprint density at radius 3 is 2.56 bits per heavy atom. The van der Waals surface area contributed by atoms with Gasteiger partial charge in [0.1, 0.15) is 5.82 Å². The molecule has 0 spiro atoms. The van der Waals surface area contributed by atoms with E-state index in [0.717, 1.165) is 29.9 Å². The Balaban J connectivity index is 2.18. The Morgan fingerprint density at radius 2 is 1.89 bits per heavy atom. The fourth-order valence-electron chi connectivity index (χ4n) is 1.76. The summed E-state index contributed by atoms with van der Waals surface area (Å²) in [6.45, 7) is 4.08. The highest BCUT2D eigenvalue weighted by Gasteiger charge is 2.03. The molecule has 0 bridgehead atoms. The van der Waals surface area contributed by atoms with Crippen molar-refractivity contribution in [2.24, 2.45) is 5.73 Å². The van der Waals surface area contributed by atoms with Crippen LogP contribution in [0.25, 0.3) is 11.3 Å². The minimum absolute atomic E-state index is 0.191. The van der Waals surface area contributed by atoms with Crippen LogP contribution in [0.3, 0.4) is 0 Å². The normalized spacial score (nSPS) is 12.4. The van der Waals surface area contributed by atoms with Crippen LogP contribution in [-0.4, -0.2) is 16.0 Å². The molecular formula is C15H19N3. The number of rotatable bonds is 4. The number of nitrogens with two attached hydrogens (primary N) is 1. The summed E-state index contributed by atoms with van der Waals surface area (Å²) in [5.41, 5.74) is 9.11. The summed E-state index contributed by atoms with van der Waals surface area (Å²) < 4.78 is 0. The van der Waals surface area contributed by atoms with Crippen LogP contribution < -0.4 is 5.73 Å². The van der Waals surface area contributed by atoms with Gasteiger partial charge in [-0.25, -0.2) is 9.97 Å². The largest absolute Gasteiger partial charge is 0.328 e. The third kappa shape index (κ3) is 3.37. The number of aryl methyl sites for hydroxylation is 2. The molecule has 2 aromatic rings. The van der Waals surface area contributed by atoms with Gasteiger partial charge in [-0.05, 0) is 26.3 Å². The summed E-state index contributed by atoms with van der Waals surface area (Å²) in [6, 6.07) is 10.5. The van der Waals surface area contributed by atoms with E-state index in [1.807, 2.05) is 19.2 Å². The molecule has 94 valence electrons. The zero-order valence-electron chi connectivity index (χ0n) is 10.9. The van der Waals surface area contributed by atoms with Crippen LogP contribution in [0.15, 0.2) is 36.5 Å². The molecular weight excluding hydrogens is 222 g/mol. The summed E-state index contributed by atoms with van der Waals surface area (Å²) in [5.74, 6) is 0.866. The maximum absolute atomic E-state index is 5.75. The van der Waals surface area contributed by atoms with Gasteiger partial charge in [0.15, 0.2) is 0 Å². The van der Waals surface area contributed by atoms with Gasteiger partial charge in [-0.3, -0.25) is 0 Å². The quantitative estimate of drug-likeness (QED) is 0.895. The summed E-state index contributed by atoms with van der Waals surface area (Å²) in [4.78, 5) is 8.87. The van der Waals surface area contributed by atoms with E-state index < -0.39 is 0 Å². The number of nitrogens with zero attached hydrogens (tertiary/aromatic N) is 2. The fraction of sp³-hybridized carbons (Fsp3) is 0.333. The Morgan fingerprint density at radius 1 is 1.17 bits per heavy atom. The van der Waals surface area contributed by atoms with Crippen molar-refractivity contribution < 1.29 is 0 Å². The van der Waals surface area contributed by atoms with Crippen LogP contribution in [0.5, 0.6) is 0 Å². The van der Waals surface area contributed by atoms with Crippen molar-refractivity contribution in [1.82, 2.24) is 9.97 Å². The van der Waals surface area contributed by atoms with Gasteiger partial charge < -0.3 is 5.73 Å². The van der Waals surface area contributed by atoms with E-state index in [4.69, 9.17) is 5.73 Å². The summed E-state index contributed by atoms with van der Waals surface area (Å²) >= 11 is 0. The van der Waals surface area contributed by atoms with Crippen molar-refractivity contribution in [2.75, 3.05) is 0 Å².